The minimum Gasteiger partial charge on any atom is -0.494 e. The first kappa shape index (κ1) is 16.7. The number of carbonyl (C=O) groups excluding carboxylic acids is 1. The van der Waals surface area contributed by atoms with Gasteiger partial charge in [0.15, 0.2) is 0 Å². The fourth-order valence-corrected chi connectivity index (χ4v) is 1.89. The Labute approximate surface area is 133 Å². The molecule has 0 heterocycles. The molecule has 2 aromatic rings. The average Bonchev–Trinajstić information content (AvgIpc) is 2.54. The zero-order chi connectivity index (χ0) is 16.7. The Hall–Kier alpha value is -2.63. The molecule has 0 fully saturated rings. The molecule has 2 rings (SSSR count). The van der Waals surface area contributed by atoms with E-state index in [-0.39, 0.29) is 11.4 Å². The van der Waals surface area contributed by atoms with Crippen LogP contribution in [0.5, 0.6) is 11.5 Å². The van der Waals surface area contributed by atoms with Crippen LogP contribution < -0.4 is 14.8 Å². The zero-order valence-electron chi connectivity index (χ0n) is 12.6. The fraction of sp³-hybridized carbons (Fsp3) is 0.235. The molecule has 0 unspecified atom stereocenters. The summed E-state index contributed by atoms with van der Waals surface area (Å²) in [6.07, 6.45) is 0.892. The summed E-state index contributed by atoms with van der Waals surface area (Å²) in [6, 6.07) is 12.6. The normalized spacial score (nSPS) is 10.4. The third-order valence-electron chi connectivity index (χ3n) is 2.94. The predicted molar refractivity (Wildman–Crippen MR) is 83.3 cm³/mol. The van der Waals surface area contributed by atoms with Gasteiger partial charge in [-0.2, -0.15) is 8.78 Å². The van der Waals surface area contributed by atoms with Gasteiger partial charge in [-0.15, -0.1) is 0 Å². The molecule has 1 amide bonds. The molecule has 0 aliphatic rings. The molecule has 23 heavy (non-hydrogen) atoms. The van der Waals surface area contributed by atoms with Gasteiger partial charge >= 0.3 is 6.61 Å². The molecule has 0 aromatic heterocycles. The minimum atomic E-state index is -2.96. The SMILES string of the molecule is CCCOc1ccc(C(=O)Nc2ccccc2OC(F)F)cc1. The van der Waals surface area contributed by atoms with Gasteiger partial charge in [-0.05, 0) is 42.8 Å². The van der Waals surface area contributed by atoms with Crippen LogP contribution in [0, 0.1) is 0 Å². The van der Waals surface area contributed by atoms with Crippen molar-refractivity contribution in [1.29, 1.82) is 0 Å². The van der Waals surface area contributed by atoms with Crippen LogP contribution in [0.2, 0.25) is 0 Å². The number of anilines is 1. The second kappa shape index (κ2) is 8.12. The summed E-state index contributed by atoms with van der Waals surface area (Å²) >= 11 is 0. The van der Waals surface area contributed by atoms with E-state index in [9.17, 15) is 13.6 Å². The van der Waals surface area contributed by atoms with Gasteiger partial charge in [-0.1, -0.05) is 19.1 Å². The van der Waals surface area contributed by atoms with E-state index >= 15 is 0 Å². The van der Waals surface area contributed by atoms with E-state index in [1.165, 1.54) is 12.1 Å². The first-order chi connectivity index (χ1) is 11.1. The number of benzene rings is 2. The van der Waals surface area contributed by atoms with Crippen molar-refractivity contribution in [1.82, 2.24) is 0 Å². The third-order valence-corrected chi connectivity index (χ3v) is 2.94. The van der Waals surface area contributed by atoms with Gasteiger partial charge in [0, 0.05) is 5.56 Å². The number of ether oxygens (including phenoxy) is 2. The van der Waals surface area contributed by atoms with Crippen molar-refractivity contribution < 1.29 is 23.0 Å². The van der Waals surface area contributed by atoms with Crippen molar-refractivity contribution >= 4 is 11.6 Å². The van der Waals surface area contributed by atoms with Crippen molar-refractivity contribution in [2.24, 2.45) is 0 Å². The van der Waals surface area contributed by atoms with Crippen LogP contribution in [-0.2, 0) is 0 Å². The molecule has 0 atom stereocenters. The van der Waals surface area contributed by atoms with Crippen LogP contribution in [0.15, 0.2) is 48.5 Å². The monoisotopic (exact) mass is 321 g/mol. The molecule has 0 saturated carbocycles. The second-order valence-corrected chi connectivity index (χ2v) is 4.70. The molecule has 2 aromatic carbocycles. The lowest BCUT2D eigenvalue weighted by molar-refractivity contribution is -0.0493. The summed E-state index contributed by atoms with van der Waals surface area (Å²) in [4.78, 5) is 12.2. The van der Waals surface area contributed by atoms with Crippen LogP contribution in [0.3, 0.4) is 0 Å². The van der Waals surface area contributed by atoms with E-state index in [4.69, 9.17) is 4.74 Å². The third kappa shape index (κ3) is 4.95. The van der Waals surface area contributed by atoms with Gasteiger partial charge in [-0.25, -0.2) is 0 Å². The van der Waals surface area contributed by atoms with Crippen LogP contribution in [0.4, 0.5) is 14.5 Å². The van der Waals surface area contributed by atoms with Gasteiger partial charge in [0.2, 0.25) is 0 Å². The Morgan fingerprint density at radius 3 is 2.48 bits per heavy atom. The van der Waals surface area contributed by atoms with Crippen molar-refractivity contribution in [3.05, 3.63) is 54.1 Å². The molecular weight excluding hydrogens is 304 g/mol. The van der Waals surface area contributed by atoms with E-state index in [0.717, 1.165) is 6.42 Å². The largest absolute Gasteiger partial charge is 0.494 e. The lowest BCUT2D eigenvalue weighted by atomic mass is 10.2. The predicted octanol–water partition coefficient (Wildman–Crippen LogP) is 4.33. The quantitative estimate of drug-likeness (QED) is 0.826. The topological polar surface area (TPSA) is 47.6 Å². The Kier molecular flexibility index (Phi) is 5.91. The summed E-state index contributed by atoms with van der Waals surface area (Å²) in [5, 5.41) is 2.56. The number of rotatable bonds is 7. The van der Waals surface area contributed by atoms with Gasteiger partial charge in [0.05, 0.1) is 12.3 Å². The standard InChI is InChI=1S/C17H17F2NO3/c1-2-11-22-13-9-7-12(8-10-13)16(21)20-14-5-3-4-6-15(14)23-17(18)19/h3-10,17H,2,11H2,1H3,(H,20,21). The minimum absolute atomic E-state index is 0.0845. The Morgan fingerprint density at radius 1 is 1.13 bits per heavy atom. The molecule has 0 spiro atoms. The van der Waals surface area contributed by atoms with Crippen LogP contribution in [-0.4, -0.2) is 19.1 Å². The van der Waals surface area contributed by atoms with Gasteiger partial charge < -0.3 is 14.8 Å². The van der Waals surface area contributed by atoms with E-state index < -0.39 is 12.5 Å². The molecular formula is C17H17F2NO3. The summed E-state index contributed by atoms with van der Waals surface area (Å²) in [5.74, 6) is 0.168. The fourth-order valence-electron chi connectivity index (χ4n) is 1.89. The summed E-state index contributed by atoms with van der Waals surface area (Å²) < 4.78 is 34.5. The molecule has 6 heteroatoms. The number of hydrogen-bond acceptors (Lipinski definition) is 3. The van der Waals surface area contributed by atoms with Crippen molar-refractivity contribution in [3.63, 3.8) is 0 Å². The van der Waals surface area contributed by atoms with Gasteiger partial charge in [0.1, 0.15) is 11.5 Å². The van der Waals surface area contributed by atoms with Crippen LogP contribution in [0.25, 0.3) is 0 Å². The second-order valence-electron chi connectivity index (χ2n) is 4.70. The highest BCUT2D eigenvalue weighted by Crippen LogP contribution is 2.26. The maximum Gasteiger partial charge on any atom is 0.387 e. The first-order valence-corrected chi connectivity index (χ1v) is 7.18. The van der Waals surface area contributed by atoms with Crippen LogP contribution >= 0.6 is 0 Å². The van der Waals surface area contributed by atoms with Crippen molar-refractivity contribution in [2.75, 3.05) is 11.9 Å². The number of para-hydroxylation sites is 2. The Morgan fingerprint density at radius 2 is 1.83 bits per heavy atom. The molecule has 1 N–H and O–H groups in total. The molecule has 0 aliphatic heterocycles. The van der Waals surface area contributed by atoms with E-state index in [1.54, 1.807) is 36.4 Å². The molecule has 0 bridgehead atoms. The summed E-state index contributed by atoms with van der Waals surface area (Å²) in [7, 11) is 0. The van der Waals surface area contributed by atoms with E-state index in [0.29, 0.717) is 17.9 Å². The maximum absolute atomic E-state index is 12.4. The maximum atomic E-state index is 12.4. The number of halogens is 2. The number of carbonyl (C=O) groups is 1. The van der Waals surface area contributed by atoms with Crippen LogP contribution in [0.1, 0.15) is 23.7 Å². The van der Waals surface area contributed by atoms with E-state index in [1.807, 2.05) is 6.92 Å². The molecule has 0 aliphatic carbocycles. The highest BCUT2D eigenvalue weighted by atomic mass is 19.3. The molecule has 4 nitrogen and oxygen atoms in total. The summed E-state index contributed by atoms with van der Waals surface area (Å²) in [5.41, 5.74) is 0.574. The van der Waals surface area contributed by atoms with Crippen molar-refractivity contribution in [3.8, 4) is 11.5 Å². The number of amides is 1. The van der Waals surface area contributed by atoms with E-state index in [2.05, 4.69) is 10.1 Å². The summed E-state index contributed by atoms with van der Waals surface area (Å²) in [6.45, 7) is -0.354. The zero-order valence-corrected chi connectivity index (χ0v) is 12.6. The molecule has 0 saturated heterocycles. The van der Waals surface area contributed by atoms with Crippen molar-refractivity contribution in [2.45, 2.75) is 20.0 Å². The Bertz CT molecular complexity index is 645. The number of hydrogen-bond donors (Lipinski definition) is 1. The average molecular weight is 321 g/mol. The highest BCUT2D eigenvalue weighted by molar-refractivity contribution is 6.05. The number of alkyl halides is 2. The van der Waals surface area contributed by atoms with Gasteiger partial charge in [-0.3, -0.25) is 4.79 Å². The molecule has 0 radical (unpaired) electrons. The lowest BCUT2D eigenvalue weighted by Crippen LogP contribution is -2.13. The molecule has 122 valence electrons. The Balaban J connectivity index is 2.07. The lowest BCUT2D eigenvalue weighted by Gasteiger charge is -2.12. The highest BCUT2D eigenvalue weighted by Gasteiger charge is 2.12. The number of nitrogens with one attached hydrogen (secondary N) is 1. The smallest absolute Gasteiger partial charge is 0.387 e. The first-order valence-electron chi connectivity index (χ1n) is 7.18. The van der Waals surface area contributed by atoms with Gasteiger partial charge in [0.25, 0.3) is 5.91 Å².